The average molecular weight is 458 g/mol. The summed E-state index contributed by atoms with van der Waals surface area (Å²) in [6, 6.07) is 6.53. The fraction of sp³-hybridized carbons (Fsp3) is 0.526. The van der Waals surface area contributed by atoms with Gasteiger partial charge in [0.15, 0.2) is 5.96 Å². The molecule has 2 rings (SSSR count). The van der Waals surface area contributed by atoms with Crippen molar-refractivity contribution in [2.75, 3.05) is 26.7 Å². The fourth-order valence-corrected chi connectivity index (χ4v) is 2.50. The molecule has 0 aliphatic carbocycles. The normalized spacial score (nSPS) is 12.1. The third-order valence-electron chi connectivity index (χ3n) is 4.12. The molecule has 0 atom stereocenters. The van der Waals surface area contributed by atoms with Crippen LogP contribution in [0, 0.1) is 6.92 Å². The van der Waals surface area contributed by atoms with Crippen molar-refractivity contribution in [3.63, 3.8) is 0 Å². The van der Waals surface area contributed by atoms with Crippen molar-refractivity contribution in [1.29, 1.82) is 0 Å². The first-order valence-corrected chi connectivity index (χ1v) is 8.59. The molecule has 0 radical (unpaired) electrons. The Morgan fingerprint density at radius 3 is 2.72 bits per heavy atom. The number of aromatic nitrogens is 1. The molecule has 25 heavy (non-hydrogen) atoms. The van der Waals surface area contributed by atoms with Gasteiger partial charge in [0.2, 0.25) is 0 Å². The van der Waals surface area contributed by atoms with Crippen LogP contribution in [0.15, 0.2) is 29.4 Å². The summed E-state index contributed by atoms with van der Waals surface area (Å²) in [5.41, 5.74) is 3.55. The van der Waals surface area contributed by atoms with E-state index in [0.29, 0.717) is 6.54 Å². The van der Waals surface area contributed by atoms with Gasteiger partial charge >= 0.3 is 0 Å². The number of guanidine groups is 1. The van der Waals surface area contributed by atoms with Gasteiger partial charge in [0.25, 0.3) is 0 Å². The van der Waals surface area contributed by atoms with Crippen LogP contribution in [0.3, 0.4) is 0 Å². The first-order chi connectivity index (χ1) is 11.4. The van der Waals surface area contributed by atoms with Crippen LogP contribution in [0.25, 0.3) is 10.9 Å². The van der Waals surface area contributed by atoms with E-state index in [4.69, 9.17) is 4.74 Å². The van der Waals surface area contributed by atoms with Crippen molar-refractivity contribution < 1.29 is 4.74 Å². The van der Waals surface area contributed by atoms with Crippen LogP contribution in [-0.2, 0) is 11.2 Å². The van der Waals surface area contributed by atoms with Crippen molar-refractivity contribution >= 4 is 40.8 Å². The fourth-order valence-electron chi connectivity index (χ4n) is 2.50. The molecular weight excluding hydrogens is 427 g/mol. The Kier molecular flexibility index (Phi) is 8.71. The van der Waals surface area contributed by atoms with Crippen LogP contribution in [0.5, 0.6) is 0 Å². The summed E-state index contributed by atoms with van der Waals surface area (Å²) in [5.74, 6) is 0.832. The van der Waals surface area contributed by atoms with Crippen LogP contribution < -0.4 is 10.6 Å². The minimum atomic E-state index is -0.253. The summed E-state index contributed by atoms with van der Waals surface area (Å²) >= 11 is 0. The third-order valence-corrected chi connectivity index (χ3v) is 4.12. The number of H-pyrrole nitrogens is 1. The molecule has 0 fully saturated rings. The second-order valence-corrected chi connectivity index (χ2v) is 6.70. The van der Waals surface area contributed by atoms with Crippen LogP contribution in [0.4, 0.5) is 0 Å². The van der Waals surface area contributed by atoms with E-state index in [1.807, 2.05) is 13.8 Å². The first-order valence-electron chi connectivity index (χ1n) is 8.59. The number of methoxy groups -OCH3 is 1. The van der Waals surface area contributed by atoms with E-state index in [1.165, 1.54) is 22.0 Å². The van der Waals surface area contributed by atoms with Gasteiger partial charge in [0.1, 0.15) is 0 Å². The quantitative estimate of drug-likeness (QED) is 0.338. The predicted molar refractivity (Wildman–Crippen MR) is 117 cm³/mol. The predicted octanol–water partition coefficient (Wildman–Crippen LogP) is 3.62. The zero-order chi connectivity index (χ0) is 17.6. The summed E-state index contributed by atoms with van der Waals surface area (Å²) in [7, 11) is 1.72. The Bertz CT molecular complexity index is 694. The Morgan fingerprint density at radius 2 is 2.04 bits per heavy atom. The van der Waals surface area contributed by atoms with Gasteiger partial charge in [-0.2, -0.15) is 0 Å². The molecule has 3 N–H and O–H groups in total. The smallest absolute Gasteiger partial charge is 0.191 e. The number of hydrogen-bond donors (Lipinski definition) is 3. The monoisotopic (exact) mass is 458 g/mol. The van der Waals surface area contributed by atoms with Gasteiger partial charge in [0.05, 0.1) is 12.1 Å². The van der Waals surface area contributed by atoms with Crippen LogP contribution in [0.1, 0.15) is 31.9 Å². The molecule has 1 aromatic carbocycles. The van der Waals surface area contributed by atoms with E-state index in [0.717, 1.165) is 25.5 Å². The maximum atomic E-state index is 5.42. The minimum Gasteiger partial charge on any atom is -0.377 e. The number of halogens is 1. The van der Waals surface area contributed by atoms with Gasteiger partial charge < -0.3 is 20.4 Å². The lowest BCUT2D eigenvalue weighted by atomic mass is 10.1. The molecule has 0 amide bonds. The highest BCUT2D eigenvalue weighted by Gasteiger charge is 2.15. The van der Waals surface area contributed by atoms with Crippen molar-refractivity contribution in [2.45, 2.75) is 39.7 Å². The molecule has 0 aliphatic rings. The lowest BCUT2D eigenvalue weighted by molar-refractivity contribution is 0.0310. The highest BCUT2D eigenvalue weighted by molar-refractivity contribution is 14.0. The number of aryl methyl sites for hydroxylation is 1. The van der Waals surface area contributed by atoms with E-state index in [9.17, 15) is 0 Å². The molecule has 0 bridgehead atoms. The zero-order valence-electron chi connectivity index (χ0n) is 15.9. The van der Waals surface area contributed by atoms with Crippen molar-refractivity contribution in [2.24, 2.45) is 4.99 Å². The number of nitrogens with one attached hydrogen (secondary N) is 3. The summed E-state index contributed by atoms with van der Waals surface area (Å²) in [6.07, 6.45) is 3.05. The van der Waals surface area contributed by atoms with E-state index in [1.54, 1.807) is 7.11 Å². The Morgan fingerprint density at radius 1 is 1.28 bits per heavy atom. The van der Waals surface area contributed by atoms with Crippen LogP contribution in [0.2, 0.25) is 0 Å². The number of nitrogens with zero attached hydrogens (tertiary/aromatic N) is 1. The highest BCUT2D eigenvalue weighted by Crippen LogP contribution is 2.19. The van der Waals surface area contributed by atoms with Gasteiger partial charge in [-0.05, 0) is 51.3 Å². The number of aliphatic imine (C=N–C) groups is 1. The van der Waals surface area contributed by atoms with E-state index >= 15 is 0 Å². The molecule has 5 nitrogen and oxygen atoms in total. The molecule has 6 heteroatoms. The zero-order valence-corrected chi connectivity index (χ0v) is 18.2. The molecule has 0 unspecified atom stereocenters. The van der Waals surface area contributed by atoms with E-state index in [2.05, 4.69) is 58.9 Å². The standard InChI is InChI=1S/C19H30N4O.HI/c1-6-20-18(23-13-19(3,4)24-5)21-10-9-15-12-22-17-11-14(2)7-8-16(15)17;/h7-8,11-12,22H,6,9-10,13H2,1-5H3,(H2,20,21,23);1H. The molecule has 0 saturated carbocycles. The summed E-state index contributed by atoms with van der Waals surface area (Å²) in [5, 5.41) is 7.98. The van der Waals surface area contributed by atoms with Crippen molar-refractivity contribution in [1.82, 2.24) is 15.6 Å². The largest absolute Gasteiger partial charge is 0.377 e. The Labute approximate surface area is 168 Å². The molecule has 1 heterocycles. The number of hydrogen-bond acceptors (Lipinski definition) is 2. The highest BCUT2D eigenvalue weighted by atomic mass is 127. The second kappa shape index (κ2) is 10.0. The number of rotatable bonds is 7. The molecule has 0 saturated heterocycles. The number of aromatic amines is 1. The lowest BCUT2D eigenvalue weighted by Gasteiger charge is -2.21. The van der Waals surface area contributed by atoms with E-state index in [-0.39, 0.29) is 29.6 Å². The van der Waals surface area contributed by atoms with Gasteiger partial charge in [-0.15, -0.1) is 24.0 Å². The second-order valence-electron chi connectivity index (χ2n) is 6.70. The van der Waals surface area contributed by atoms with Gasteiger partial charge in [-0.1, -0.05) is 12.1 Å². The van der Waals surface area contributed by atoms with E-state index < -0.39 is 0 Å². The maximum Gasteiger partial charge on any atom is 0.191 e. The molecule has 0 spiro atoms. The van der Waals surface area contributed by atoms with Crippen molar-refractivity contribution in [3.8, 4) is 0 Å². The number of benzene rings is 1. The Hall–Kier alpha value is -1.28. The van der Waals surface area contributed by atoms with Gasteiger partial charge in [-0.3, -0.25) is 4.99 Å². The topological polar surface area (TPSA) is 61.4 Å². The molecular formula is C19H31IN4O. The molecule has 1 aromatic heterocycles. The van der Waals surface area contributed by atoms with Crippen LogP contribution in [-0.4, -0.2) is 43.3 Å². The Balaban J connectivity index is 0.00000312. The van der Waals surface area contributed by atoms with Crippen molar-refractivity contribution in [3.05, 3.63) is 35.5 Å². The molecule has 2 aromatic rings. The lowest BCUT2D eigenvalue weighted by Crippen LogP contribution is -2.40. The summed E-state index contributed by atoms with van der Waals surface area (Å²) < 4.78 is 5.42. The molecule has 140 valence electrons. The molecule has 0 aliphatic heterocycles. The SMILES string of the molecule is CCNC(=NCC(C)(C)OC)NCCc1c[nH]c2cc(C)ccc12.I. The maximum absolute atomic E-state index is 5.42. The number of ether oxygens (including phenoxy) is 1. The third kappa shape index (κ3) is 6.51. The first kappa shape index (κ1) is 21.8. The number of fused-ring (bicyclic) bond motifs is 1. The average Bonchev–Trinajstić information content (AvgIpc) is 2.95. The summed E-state index contributed by atoms with van der Waals surface area (Å²) in [6.45, 7) is 10.5. The minimum absolute atomic E-state index is 0. The van der Waals surface area contributed by atoms with Crippen LogP contribution >= 0.6 is 24.0 Å². The van der Waals surface area contributed by atoms with Gasteiger partial charge in [0, 0.05) is 37.3 Å². The summed E-state index contributed by atoms with van der Waals surface area (Å²) in [4.78, 5) is 7.97. The van der Waals surface area contributed by atoms with Gasteiger partial charge in [-0.25, -0.2) is 0 Å².